The molecule has 0 bridgehead atoms. The number of nitrogens with two attached hydrogens (primary N) is 1. The monoisotopic (exact) mass is 356 g/mol. The second kappa shape index (κ2) is 10.3. The van der Waals surface area contributed by atoms with Crippen molar-refractivity contribution in [3.63, 3.8) is 0 Å². The molecular weight excluding hydrogens is 332 g/mol. The number of rotatable bonds is 9. The van der Waals surface area contributed by atoms with E-state index < -0.39 is 24.3 Å². The number of esters is 2. The van der Waals surface area contributed by atoms with E-state index >= 15 is 0 Å². The fraction of sp³-hybridized carbons (Fsp3) is 0.300. The summed E-state index contributed by atoms with van der Waals surface area (Å²) in [6, 6.07) is 18.3. The highest BCUT2D eigenvalue weighted by atomic mass is 16.7. The Kier molecular flexibility index (Phi) is 7.79. The lowest BCUT2D eigenvalue weighted by Crippen LogP contribution is -2.38. The van der Waals surface area contributed by atoms with E-state index in [2.05, 4.69) is 5.32 Å². The molecule has 2 aromatic carbocycles. The predicted molar refractivity (Wildman–Crippen MR) is 97.9 cm³/mol. The lowest BCUT2D eigenvalue weighted by molar-refractivity contribution is -0.184. The van der Waals surface area contributed by atoms with Crippen LogP contribution < -0.4 is 11.1 Å². The maximum absolute atomic E-state index is 12.0. The summed E-state index contributed by atoms with van der Waals surface area (Å²) < 4.78 is 10.1. The third kappa shape index (κ3) is 7.04. The Hall–Kier alpha value is -2.70. The van der Waals surface area contributed by atoms with Crippen LogP contribution in [0.1, 0.15) is 18.1 Å². The summed E-state index contributed by atoms with van der Waals surface area (Å²) >= 11 is 0. The molecule has 2 aromatic rings. The van der Waals surface area contributed by atoms with Gasteiger partial charge in [0.05, 0.1) is 6.54 Å². The second-order valence-electron chi connectivity index (χ2n) is 5.88. The minimum absolute atomic E-state index is 0.0207. The number of carbonyl (C=O) groups is 2. The van der Waals surface area contributed by atoms with Crippen molar-refractivity contribution in [1.82, 2.24) is 5.32 Å². The van der Waals surface area contributed by atoms with Crippen LogP contribution in [-0.4, -0.2) is 30.8 Å². The van der Waals surface area contributed by atoms with E-state index in [-0.39, 0.29) is 6.54 Å². The van der Waals surface area contributed by atoms with Crippen LogP contribution in [0.3, 0.4) is 0 Å². The Morgan fingerprint density at radius 1 is 0.962 bits per heavy atom. The lowest BCUT2D eigenvalue weighted by atomic mass is 10.1. The highest BCUT2D eigenvalue weighted by Crippen LogP contribution is 2.05. The number of hydrogen-bond acceptors (Lipinski definition) is 6. The van der Waals surface area contributed by atoms with Crippen LogP contribution in [0.2, 0.25) is 0 Å². The van der Waals surface area contributed by atoms with Crippen molar-refractivity contribution < 1.29 is 19.1 Å². The van der Waals surface area contributed by atoms with Gasteiger partial charge in [-0.05, 0) is 17.5 Å². The molecule has 0 fully saturated rings. The molecule has 0 aliphatic rings. The van der Waals surface area contributed by atoms with Crippen LogP contribution >= 0.6 is 0 Å². The van der Waals surface area contributed by atoms with E-state index in [0.717, 1.165) is 11.1 Å². The summed E-state index contributed by atoms with van der Waals surface area (Å²) in [5.74, 6) is -1.11. The van der Waals surface area contributed by atoms with Gasteiger partial charge in [0.15, 0.2) is 0 Å². The summed E-state index contributed by atoms with van der Waals surface area (Å²) in [6.07, 6.45) is -0.630. The maximum Gasteiger partial charge on any atom is 0.326 e. The van der Waals surface area contributed by atoms with Gasteiger partial charge in [0.25, 0.3) is 0 Å². The van der Waals surface area contributed by atoms with Crippen LogP contribution in [0.15, 0.2) is 60.7 Å². The molecule has 0 aromatic heterocycles. The summed E-state index contributed by atoms with van der Waals surface area (Å²) in [5, 5.41) is 2.98. The van der Waals surface area contributed by atoms with Crippen LogP contribution in [0.4, 0.5) is 0 Å². The molecule has 26 heavy (non-hydrogen) atoms. The van der Waals surface area contributed by atoms with E-state index in [0.29, 0.717) is 13.0 Å². The smallest absolute Gasteiger partial charge is 0.326 e. The standard InChI is InChI=1S/C20H24N2O4/c1-15(25-19(23)14-22-13-17-10-6-3-7-11-17)26-20(24)18(21)12-16-8-4-2-5-9-16/h2-11,15,18,22H,12-14,21H2,1H3. The first kappa shape index (κ1) is 19.6. The summed E-state index contributed by atoms with van der Waals surface area (Å²) in [6.45, 7) is 2.06. The molecule has 0 radical (unpaired) electrons. The zero-order valence-electron chi connectivity index (χ0n) is 14.8. The zero-order chi connectivity index (χ0) is 18.8. The molecule has 2 rings (SSSR count). The fourth-order valence-electron chi connectivity index (χ4n) is 2.36. The Morgan fingerprint density at radius 2 is 1.54 bits per heavy atom. The first-order valence-electron chi connectivity index (χ1n) is 8.48. The van der Waals surface area contributed by atoms with Crippen LogP contribution in [-0.2, 0) is 32.0 Å². The number of benzene rings is 2. The molecule has 0 aliphatic heterocycles. The number of ether oxygens (including phenoxy) is 2. The lowest BCUT2D eigenvalue weighted by Gasteiger charge is -2.17. The Balaban J connectivity index is 1.67. The molecule has 6 nitrogen and oxygen atoms in total. The van der Waals surface area contributed by atoms with Gasteiger partial charge in [0.1, 0.15) is 6.04 Å². The summed E-state index contributed by atoms with van der Waals surface area (Å²) in [5.41, 5.74) is 7.84. The average Bonchev–Trinajstić information content (AvgIpc) is 2.63. The van der Waals surface area contributed by atoms with E-state index in [9.17, 15) is 9.59 Å². The van der Waals surface area contributed by atoms with Crippen LogP contribution in [0.5, 0.6) is 0 Å². The second-order valence-corrected chi connectivity index (χ2v) is 5.88. The van der Waals surface area contributed by atoms with E-state index in [1.165, 1.54) is 6.92 Å². The molecule has 0 amide bonds. The van der Waals surface area contributed by atoms with Gasteiger partial charge >= 0.3 is 11.9 Å². The number of hydrogen-bond donors (Lipinski definition) is 2. The third-order valence-corrected chi connectivity index (χ3v) is 3.62. The fourth-order valence-corrected chi connectivity index (χ4v) is 2.36. The Morgan fingerprint density at radius 3 is 2.15 bits per heavy atom. The van der Waals surface area contributed by atoms with Gasteiger partial charge in [-0.3, -0.25) is 9.59 Å². The predicted octanol–water partition coefficient (Wildman–Crippen LogP) is 1.78. The molecule has 3 N–H and O–H groups in total. The molecule has 2 unspecified atom stereocenters. The quantitative estimate of drug-likeness (QED) is 0.526. The van der Waals surface area contributed by atoms with E-state index in [1.54, 1.807) is 0 Å². The van der Waals surface area contributed by atoms with Gasteiger partial charge in [0.2, 0.25) is 6.29 Å². The average molecular weight is 356 g/mol. The molecule has 0 saturated heterocycles. The summed E-state index contributed by atoms with van der Waals surface area (Å²) in [4.78, 5) is 23.8. The normalized spacial score (nSPS) is 12.8. The van der Waals surface area contributed by atoms with Gasteiger partial charge in [0, 0.05) is 13.5 Å². The third-order valence-electron chi connectivity index (χ3n) is 3.62. The first-order chi connectivity index (χ1) is 12.5. The van der Waals surface area contributed by atoms with Crippen molar-refractivity contribution in [2.45, 2.75) is 32.2 Å². The SMILES string of the molecule is CC(OC(=O)CNCc1ccccc1)OC(=O)C(N)Cc1ccccc1. The van der Waals surface area contributed by atoms with Crippen molar-refractivity contribution in [2.75, 3.05) is 6.54 Å². The Bertz CT molecular complexity index is 691. The summed E-state index contributed by atoms with van der Waals surface area (Å²) in [7, 11) is 0. The van der Waals surface area contributed by atoms with Crippen LogP contribution in [0, 0.1) is 0 Å². The maximum atomic E-state index is 12.0. The Labute approximate surface area is 153 Å². The topological polar surface area (TPSA) is 90.6 Å². The van der Waals surface area contributed by atoms with Crippen molar-refractivity contribution in [2.24, 2.45) is 5.73 Å². The van der Waals surface area contributed by atoms with Crippen molar-refractivity contribution in [3.05, 3.63) is 71.8 Å². The highest BCUT2D eigenvalue weighted by Gasteiger charge is 2.20. The van der Waals surface area contributed by atoms with E-state index in [4.69, 9.17) is 15.2 Å². The minimum atomic E-state index is -0.990. The molecule has 0 saturated carbocycles. The van der Waals surface area contributed by atoms with Crippen molar-refractivity contribution in [3.8, 4) is 0 Å². The molecule has 2 atom stereocenters. The van der Waals surface area contributed by atoms with Gasteiger partial charge < -0.3 is 20.5 Å². The number of carbonyl (C=O) groups excluding carboxylic acids is 2. The largest absolute Gasteiger partial charge is 0.425 e. The van der Waals surface area contributed by atoms with E-state index in [1.807, 2.05) is 60.7 Å². The van der Waals surface area contributed by atoms with Crippen molar-refractivity contribution in [1.29, 1.82) is 0 Å². The molecule has 138 valence electrons. The van der Waals surface area contributed by atoms with Gasteiger partial charge in [-0.25, -0.2) is 0 Å². The highest BCUT2D eigenvalue weighted by molar-refractivity contribution is 5.76. The number of nitrogens with one attached hydrogen (secondary N) is 1. The van der Waals surface area contributed by atoms with Gasteiger partial charge in [-0.1, -0.05) is 60.7 Å². The molecule has 0 aliphatic carbocycles. The molecule has 0 heterocycles. The minimum Gasteiger partial charge on any atom is -0.425 e. The first-order valence-corrected chi connectivity index (χ1v) is 8.48. The zero-order valence-corrected chi connectivity index (χ0v) is 14.8. The molecule has 0 spiro atoms. The van der Waals surface area contributed by atoms with Gasteiger partial charge in [-0.15, -0.1) is 0 Å². The molecule has 6 heteroatoms. The van der Waals surface area contributed by atoms with Crippen molar-refractivity contribution >= 4 is 11.9 Å². The van der Waals surface area contributed by atoms with Crippen LogP contribution in [0.25, 0.3) is 0 Å². The molecular formula is C20H24N2O4. The van der Waals surface area contributed by atoms with Gasteiger partial charge in [-0.2, -0.15) is 0 Å².